The summed E-state index contributed by atoms with van der Waals surface area (Å²) in [6, 6.07) is 23.0. The van der Waals surface area contributed by atoms with Crippen LogP contribution in [0.1, 0.15) is 70.3 Å². The van der Waals surface area contributed by atoms with E-state index >= 15 is 0 Å². The molecule has 0 radical (unpaired) electrons. The van der Waals surface area contributed by atoms with E-state index in [1.54, 1.807) is 0 Å². The normalized spacial score (nSPS) is 12.9. The lowest BCUT2D eigenvalue weighted by atomic mass is 10.00. The van der Waals surface area contributed by atoms with Gasteiger partial charge in [0.2, 0.25) is 0 Å². The first-order valence-electron chi connectivity index (χ1n) is 17.7. The zero-order valence-electron chi connectivity index (χ0n) is 29.2. The highest BCUT2D eigenvalue weighted by Gasteiger charge is 2.21. The molecular formula is C41H52N4O3. The molecule has 0 unspecified atom stereocenters. The van der Waals surface area contributed by atoms with E-state index in [4.69, 9.17) is 9.47 Å². The minimum Gasteiger partial charge on any atom is -0.491 e. The third-order valence-electron chi connectivity index (χ3n) is 8.67. The number of anilines is 2. The third-order valence-corrected chi connectivity index (χ3v) is 8.67. The molecule has 0 fully saturated rings. The molecule has 0 atom stereocenters. The molecule has 7 heteroatoms. The zero-order chi connectivity index (χ0) is 33.7. The number of aromatic nitrogens is 2. The monoisotopic (exact) mass is 648 g/mol. The highest BCUT2D eigenvalue weighted by atomic mass is 16.5. The van der Waals surface area contributed by atoms with Gasteiger partial charge in [0.25, 0.3) is 5.91 Å². The van der Waals surface area contributed by atoms with Crippen molar-refractivity contribution in [1.82, 2.24) is 9.55 Å². The third kappa shape index (κ3) is 9.83. The maximum absolute atomic E-state index is 13.6. The second kappa shape index (κ2) is 17.7. The Hall–Kier alpha value is -4.36. The molecule has 0 aliphatic carbocycles. The van der Waals surface area contributed by atoms with Gasteiger partial charge in [-0.2, -0.15) is 0 Å². The maximum Gasteiger partial charge on any atom is 0.251 e. The van der Waals surface area contributed by atoms with E-state index in [2.05, 4.69) is 102 Å². The van der Waals surface area contributed by atoms with Crippen molar-refractivity contribution >= 4 is 23.4 Å². The predicted molar refractivity (Wildman–Crippen MR) is 198 cm³/mol. The summed E-state index contributed by atoms with van der Waals surface area (Å²) in [7, 11) is 0. The van der Waals surface area contributed by atoms with Crippen LogP contribution in [0.5, 0.6) is 5.75 Å². The van der Waals surface area contributed by atoms with E-state index < -0.39 is 0 Å². The Balaban J connectivity index is 1.26. The number of hydrogen-bond donors (Lipinski definition) is 1. The van der Waals surface area contributed by atoms with E-state index in [-0.39, 0.29) is 5.91 Å². The van der Waals surface area contributed by atoms with E-state index in [9.17, 15) is 4.79 Å². The molecular weight excluding hydrogens is 596 g/mol. The van der Waals surface area contributed by atoms with E-state index in [0.717, 1.165) is 97.9 Å². The molecule has 48 heavy (non-hydrogen) atoms. The van der Waals surface area contributed by atoms with E-state index in [0.29, 0.717) is 25.6 Å². The van der Waals surface area contributed by atoms with Gasteiger partial charge in [0.05, 0.1) is 6.61 Å². The van der Waals surface area contributed by atoms with Crippen LogP contribution in [0.25, 0.3) is 17.2 Å². The number of imidazole rings is 1. The maximum atomic E-state index is 13.6. The number of nitrogens with zero attached hydrogens (tertiary/aromatic N) is 3. The van der Waals surface area contributed by atoms with Crippen LogP contribution >= 0.6 is 0 Å². The van der Waals surface area contributed by atoms with Gasteiger partial charge in [0, 0.05) is 62.0 Å². The van der Waals surface area contributed by atoms with Gasteiger partial charge >= 0.3 is 0 Å². The Labute approximate surface area is 287 Å². The Morgan fingerprint density at radius 2 is 1.71 bits per heavy atom. The van der Waals surface area contributed by atoms with Crippen molar-refractivity contribution < 1.29 is 14.3 Å². The van der Waals surface area contributed by atoms with Crippen LogP contribution in [0.15, 0.2) is 84.7 Å². The van der Waals surface area contributed by atoms with Gasteiger partial charge in [-0.25, -0.2) is 4.98 Å². The van der Waals surface area contributed by atoms with Crippen LogP contribution in [0, 0.1) is 5.92 Å². The minimum atomic E-state index is -0.0488. The fraction of sp³-hybridized carbons (Fsp3) is 0.415. The molecule has 5 rings (SSSR count). The highest BCUT2D eigenvalue weighted by Crippen LogP contribution is 2.34. The van der Waals surface area contributed by atoms with Crippen LogP contribution < -0.4 is 15.0 Å². The van der Waals surface area contributed by atoms with E-state index in [1.807, 2.05) is 30.5 Å². The summed E-state index contributed by atoms with van der Waals surface area (Å²) in [6.07, 6.45) is 11.8. The minimum absolute atomic E-state index is 0.0488. The van der Waals surface area contributed by atoms with Crippen LogP contribution in [0.3, 0.4) is 0 Å². The van der Waals surface area contributed by atoms with Gasteiger partial charge in [-0.1, -0.05) is 64.4 Å². The van der Waals surface area contributed by atoms with Crippen molar-refractivity contribution in [2.45, 2.75) is 72.8 Å². The number of rotatable bonds is 17. The van der Waals surface area contributed by atoms with Crippen molar-refractivity contribution in [3.05, 3.63) is 102 Å². The number of carbonyl (C=O) groups is 1. The lowest BCUT2D eigenvalue weighted by Crippen LogP contribution is -2.29. The molecule has 4 aromatic rings. The number of amides is 1. The molecule has 0 saturated heterocycles. The van der Waals surface area contributed by atoms with Gasteiger partial charge in [0.15, 0.2) is 0 Å². The van der Waals surface area contributed by atoms with Crippen molar-refractivity contribution in [1.29, 1.82) is 0 Å². The number of ether oxygens (including phenoxy) is 2. The molecule has 2 heterocycles. The molecule has 1 amide bonds. The fourth-order valence-corrected chi connectivity index (χ4v) is 6.13. The number of hydrogen-bond acceptors (Lipinski definition) is 5. The average Bonchev–Trinajstić information content (AvgIpc) is 3.46. The fourth-order valence-electron chi connectivity index (χ4n) is 6.13. The van der Waals surface area contributed by atoms with Gasteiger partial charge in [0.1, 0.15) is 18.2 Å². The Bertz CT molecular complexity index is 1620. The van der Waals surface area contributed by atoms with Crippen molar-refractivity contribution in [3.8, 4) is 16.9 Å². The molecule has 0 bridgehead atoms. The van der Waals surface area contributed by atoms with Gasteiger partial charge < -0.3 is 24.3 Å². The summed E-state index contributed by atoms with van der Waals surface area (Å²) >= 11 is 0. The second-order valence-corrected chi connectivity index (χ2v) is 13.1. The van der Waals surface area contributed by atoms with Crippen LogP contribution in [-0.2, 0) is 28.9 Å². The summed E-state index contributed by atoms with van der Waals surface area (Å²) in [5, 5.41) is 3.17. The lowest BCUT2D eigenvalue weighted by molar-refractivity contribution is -0.112. The summed E-state index contributed by atoms with van der Waals surface area (Å²) in [5.41, 5.74) is 7.28. The topological polar surface area (TPSA) is 68.6 Å². The molecule has 254 valence electrons. The van der Waals surface area contributed by atoms with Gasteiger partial charge in [-0.05, 0) is 96.3 Å². The molecule has 7 nitrogen and oxygen atoms in total. The Morgan fingerprint density at radius 3 is 2.46 bits per heavy atom. The van der Waals surface area contributed by atoms with Crippen molar-refractivity contribution in [3.63, 3.8) is 0 Å². The summed E-state index contributed by atoms with van der Waals surface area (Å²) in [4.78, 5) is 20.6. The Kier molecular flexibility index (Phi) is 12.9. The zero-order valence-corrected chi connectivity index (χ0v) is 29.2. The van der Waals surface area contributed by atoms with Crippen molar-refractivity contribution in [2.24, 2.45) is 5.92 Å². The lowest BCUT2D eigenvalue weighted by Gasteiger charge is -2.27. The van der Waals surface area contributed by atoms with Crippen LogP contribution in [-0.4, -0.2) is 48.4 Å². The molecule has 1 aliphatic heterocycles. The first kappa shape index (κ1) is 35.0. The standard InChI is InChI=1S/C41H52N4O3/c1-5-7-25-47-26-27-48-38-16-11-33(12-17-38)34-13-18-39-36(28-34)29-35(20-23-45(39)30-31(3)4)41(46)43-37-14-8-32(9-15-37)10-19-40-42-21-24-44(40)22-6-2/h8-9,11-18,21,24,28-29,31H,5-7,10,19-20,22-23,25-27,30H2,1-4H3,(H,43,46). The summed E-state index contributed by atoms with van der Waals surface area (Å²) in [5.74, 6) is 2.41. The molecule has 3 aromatic carbocycles. The first-order chi connectivity index (χ1) is 23.4. The molecule has 0 saturated carbocycles. The van der Waals surface area contributed by atoms with Crippen molar-refractivity contribution in [2.75, 3.05) is 43.1 Å². The van der Waals surface area contributed by atoms with Crippen LogP contribution in [0.2, 0.25) is 0 Å². The SMILES string of the molecule is CCCCOCCOc1ccc(-c2ccc3c(c2)C=C(C(=O)Nc2ccc(CCc4nccn4CCC)cc2)CCN3CC(C)C)cc1. The number of aryl methyl sites for hydroxylation is 3. The smallest absolute Gasteiger partial charge is 0.251 e. The molecule has 0 spiro atoms. The molecule has 1 N–H and O–H groups in total. The summed E-state index contributed by atoms with van der Waals surface area (Å²) in [6.45, 7) is 13.5. The number of carbonyl (C=O) groups excluding carboxylic acids is 1. The second-order valence-electron chi connectivity index (χ2n) is 13.1. The largest absolute Gasteiger partial charge is 0.491 e. The average molecular weight is 649 g/mol. The Morgan fingerprint density at radius 1 is 0.917 bits per heavy atom. The number of nitrogens with one attached hydrogen (secondary N) is 1. The number of fused-ring (bicyclic) bond motifs is 1. The van der Waals surface area contributed by atoms with Gasteiger partial charge in [-0.3, -0.25) is 4.79 Å². The molecule has 1 aliphatic rings. The van der Waals surface area contributed by atoms with Crippen LogP contribution in [0.4, 0.5) is 11.4 Å². The van der Waals surface area contributed by atoms with E-state index in [1.165, 1.54) is 11.3 Å². The predicted octanol–water partition coefficient (Wildman–Crippen LogP) is 8.83. The number of benzene rings is 3. The number of unbranched alkanes of at least 4 members (excludes halogenated alkanes) is 1. The highest BCUT2D eigenvalue weighted by molar-refractivity contribution is 6.07. The summed E-state index contributed by atoms with van der Waals surface area (Å²) < 4.78 is 13.7. The van der Waals surface area contributed by atoms with Gasteiger partial charge in [-0.15, -0.1) is 0 Å². The first-order valence-corrected chi connectivity index (χ1v) is 17.7. The molecule has 1 aromatic heterocycles. The quantitative estimate of drug-likeness (QED) is 0.116.